The summed E-state index contributed by atoms with van der Waals surface area (Å²) in [6.07, 6.45) is 2.12. The van der Waals surface area contributed by atoms with E-state index in [1.54, 1.807) is 0 Å². The number of halogens is 1. The molecule has 0 saturated carbocycles. The van der Waals surface area contributed by atoms with Crippen molar-refractivity contribution in [3.8, 4) is 11.8 Å². The number of rotatable bonds is 8. The fraction of sp³-hybridized carbons (Fsp3) is 0.250. The van der Waals surface area contributed by atoms with Gasteiger partial charge in [-0.1, -0.05) is 42.2 Å². The number of amides is 1. The van der Waals surface area contributed by atoms with Gasteiger partial charge in [-0.3, -0.25) is 4.79 Å². The zero-order chi connectivity index (χ0) is 20.4. The number of sulfonamides is 1. The zero-order valence-corrected chi connectivity index (χ0v) is 16.9. The molecule has 0 aliphatic heterocycles. The van der Waals surface area contributed by atoms with Crippen molar-refractivity contribution in [3.05, 3.63) is 66.0 Å². The largest absolute Gasteiger partial charge is 0.344 e. The Kier molecular flexibility index (Phi) is 8.51. The van der Waals surface area contributed by atoms with Gasteiger partial charge in [0.25, 0.3) is 0 Å². The third-order valence-corrected chi connectivity index (χ3v) is 5.86. The summed E-state index contributed by atoms with van der Waals surface area (Å²) >= 11 is 1.48. The number of benzene rings is 2. The van der Waals surface area contributed by atoms with Crippen LogP contribution in [0, 0.1) is 17.7 Å². The van der Waals surface area contributed by atoms with Gasteiger partial charge < -0.3 is 5.32 Å². The summed E-state index contributed by atoms with van der Waals surface area (Å²) in [4.78, 5) is 12.0. The highest BCUT2D eigenvalue weighted by atomic mass is 32.2. The molecular formula is C20H21FN2O3S2. The fourth-order valence-electron chi connectivity index (χ4n) is 2.31. The summed E-state index contributed by atoms with van der Waals surface area (Å²) in [6, 6.07) is 13.3. The first kappa shape index (κ1) is 22.0. The Balaban J connectivity index is 2.05. The highest BCUT2D eigenvalue weighted by molar-refractivity contribution is 7.98. The minimum atomic E-state index is -4.17. The van der Waals surface area contributed by atoms with Crippen molar-refractivity contribution in [2.75, 3.05) is 18.6 Å². The minimum Gasteiger partial charge on any atom is -0.344 e. The number of carbonyl (C=O) groups is 1. The number of thioether (sulfide) groups is 1. The quantitative estimate of drug-likeness (QED) is 0.643. The lowest BCUT2D eigenvalue weighted by molar-refractivity contribution is -0.122. The first-order valence-corrected chi connectivity index (χ1v) is 11.4. The number of hydrogen-bond donors (Lipinski definition) is 2. The van der Waals surface area contributed by atoms with Crippen LogP contribution < -0.4 is 10.0 Å². The topological polar surface area (TPSA) is 75.3 Å². The molecule has 2 N–H and O–H groups in total. The van der Waals surface area contributed by atoms with E-state index in [2.05, 4.69) is 21.9 Å². The van der Waals surface area contributed by atoms with E-state index in [9.17, 15) is 17.6 Å². The lowest BCUT2D eigenvalue weighted by Crippen LogP contribution is -2.47. The predicted molar refractivity (Wildman–Crippen MR) is 110 cm³/mol. The molecule has 0 spiro atoms. The van der Waals surface area contributed by atoms with Crippen LogP contribution in [0.5, 0.6) is 0 Å². The van der Waals surface area contributed by atoms with E-state index in [1.807, 2.05) is 36.6 Å². The van der Waals surface area contributed by atoms with Gasteiger partial charge in [0.05, 0.1) is 6.54 Å². The van der Waals surface area contributed by atoms with Crippen LogP contribution in [0.15, 0.2) is 59.5 Å². The van der Waals surface area contributed by atoms with E-state index in [0.717, 1.165) is 17.7 Å². The Hall–Kier alpha value is -2.34. The van der Waals surface area contributed by atoms with Gasteiger partial charge in [-0.15, -0.1) is 0 Å². The molecule has 2 rings (SSSR count). The van der Waals surface area contributed by atoms with Gasteiger partial charge in [-0.05, 0) is 42.7 Å². The molecule has 8 heteroatoms. The highest BCUT2D eigenvalue weighted by Crippen LogP contribution is 2.14. The van der Waals surface area contributed by atoms with E-state index < -0.39 is 32.7 Å². The normalized spacial score (nSPS) is 11.9. The van der Waals surface area contributed by atoms with E-state index in [-0.39, 0.29) is 13.0 Å². The molecule has 0 aromatic heterocycles. The van der Waals surface area contributed by atoms with Crippen molar-refractivity contribution in [1.82, 2.24) is 10.0 Å². The second kappa shape index (κ2) is 10.9. The van der Waals surface area contributed by atoms with Crippen molar-refractivity contribution in [2.24, 2.45) is 0 Å². The van der Waals surface area contributed by atoms with Crippen molar-refractivity contribution in [3.63, 3.8) is 0 Å². The molecule has 0 aliphatic carbocycles. The Morgan fingerprint density at radius 2 is 1.82 bits per heavy atom. The Labute approximate surface area is 169 Å². The smallest absolute Gasteiger partial charge is 0.244 e. The Morgan fingerprint density at radius 3 is 2.50 bits per heavy atom. The second-order valence-electron chi connectivity index (χ2n) is 5.77. The molecule has 1 unspecified atom stereocenters. The molecule has 2 aromatic rings. The Morgan fingerprint density at radius 1 is 1.14 bits per heavy atom. The maximum atomic E-state index is 13.9. The van der Waals surface area contributed by atoms with Gasteiger partial charge >= 0.3 is 0 Å². The summed E-state index contributed by atoms with van der Waals surface area (Å²) in [5.74, 6) is 4.92. The van der Waals surface area contributed by atoms with E-state index in [4.69, 9.17) is 0 Å². The summed E-state index contributed by atoms with van der Waals surface area (Å²) in [7, 11) is -4.17. The molecule has 2 aromatic carbocycles. The molecule has 0 fully saturated rings. The van der Waals surface area contributed by atoms with E-state index in [0.29, 0.717) is 5.75 Å². The average Bonchev–Trinajstić information content (AvgIpc) is 2.69. The van der Waals surface area contributed by atoms with Crippen LogP contribution in [0.3, 0.4) is 0 Å². The van der Waals surface area contributed by atoms with Gasteiger partial charge in [-0.2, -0.15) is 16.5 Å². The molecule has 0 saturated heterocycles. The molecular weight excluding hydrogens is 399 g/mol. The van der Waals surface area contributed by atoms with Crippen molar-refractivity contribution >= 4 is 27.7 Å². The molecule has 1 atom stereocenters. The predicted octanol–water partition coefficient (Wildman–Crippen LogP) is 2.39. The summed E-state index contributed by atoms with van der Waals surface area (Å²) < 4.78 is 41.1. The third kappa shape index (κ3) is 6.68. The zero-order valence-electron chi connectivity index (χ0n) is 15.3. The molecule has 148 valence electrons. The van der Waals surface area contributed by atoms with Gasteiger partial charge in [0.2, 0.25) is 15.9 Å². The summed E-state index contributed by atoms with van der Waals surface area (Å²) in [6.45, 7) is 0.0743. The lowest BCUT2D eigenvalue weighted by atomic mass is 10.2. The molecule has 1 amide bonds. The van der Waals surface area contributed by atoms with E-state index in [1.165, 1.54) is 23.9 Å². The fourth-order valence-corrected chi connectivity index (χ4v) is 4.10. The van der Waals surface area contributed by atoms with Gasteiger partial charge in [0.1, 0.15) is 16.8 Å². The van der Waals surface area contributed by atoms with Gasteiger partial charge in [-0.25, -0.2) is 12.8 Å². The van der Waals surface area contributed by atoms with Crippen LogP contribution in [-0.4, -0.2) is 38.9 Å². The SMILES string of the molecule is CSCCC(NS(=O)(=O)c1ccccc1F)C(=O)NCC#Cc1ccccc1. The second-order valence-corrected chi connectivity index (χ2v) is 8.44. The van der Waals surface area contributed by atoms with Crippen LogP contribution in [0.25, 0.3) is 0 Å². The maximum Gasteiger partial charge on any atom is 0.244 e. The molecule has 0 radical (unpaired) electrons. The van der Waals surface area contributed by atoms with E-state index >= 15 is 0 Å². The standard InChI is InChI=1S/C20H21FN2O3S2/c1-27-15-13-18(23-28(25,26)19-12-6-5-11-17(19)21)20(24)22-14-7-10-16-8-3-2-4-9-16/h2-6,8-9,11-12,18,23H,13-15H2,1H3,(H,22,24). The number of nitrogens with one attached hydrogen (secondary N) is 2. The molecule has 28 heavy (non-hydrogen) atoms. The first-order valence-electron chi connectivity index (χ1n) is 8.51. The molecule has 0 bridgehead atoms. The minimum absolute atomic E-state index is 0.0743. The van der Waals surface area contributed by atoms with Crippen molar-refractivity contribution in [2.45, 2.75) is 17.4 Å². The molecule has 0 aliphatic rings. The van der Waals surface area contributed by atoms with Gasteiger partial charge in [0, 0.05) is 5.56 Å². The van der Waals surface area contributed by atoms with Crippen LogP contribution in [0.1, 0.15) is 12.0 Å². The number of carbonyl (C=O) groups excluding carboxylic acids is 1. The van der Waals surface area contributed by atoms with Gasteiger partial charge in [0.15, 0.2) is 0 Å². The maximum absolute atomic E-state index is 13.9. The lowest BCUT2D eigenvalue weighted by Gasteiger charge is -2.17. The monoisotopic (exact) mass is 420 g/mol. The highest BCUT2D eigenvalue weighted by Gasteiger charge is 2.27. The van der Waals surface area contributed by atoms with Crippen LogP contribution in [0.2, 0.25) is 0 Å². The van der Waals surface area contributed by atoms with Crippen molar-refractivity contribution < 1.29 is 17.6 Å². The van der Waals surface area contributed by atoms with Crippen molar-refractivity contribution in [1.29, 1.82) is 0 Å². The molecule has 5 nitrogen and oxygen atoms in total. The number of hydrogen-bond acceptors (Lipinski definition) is 4. The van der Waals surface area contributed by atoms with Crippen LogP contribution >= 0.6 is 11.8 Å². The third-order valence-electron chi connectivity index (χ3n) is 3.71. The molecule has 0 heterocycles. The summed E-state index contributed by atoms with van der Waals surface area (Å²) in [5.41, 5.74) is 0.816. The average molecular weight is 421 g/mol. The summed E-state index contributed by atoms with van der Waals surface area (Å²) in [5, 5.41) is 2.61. The first-order chi connectivity index (χ1) is 13.4. The Bertz CT molecular complexity index is 954. The van der Waals surface area contributed by atoms with Crippen LogP contribution in [-0.2, 0) is 14.8 Å². The van der Waals surface area contributed by atoms with Crippen LogP contribution in [0.4, 0.5) is 4.39 Å².